The molecule has 7 nitrogen and oxygen atoms in total. The third-order valence-electron chi connectivity index (χ3n) is 5.16. The first kappa shape index (κ1) is 26.7. The summed E-state index contributed by atoms with van der Waals surface area (Å²) in [4.78, 5) is 12.8. The Morgan fingerprint density at radius 2 is 1.54 bits per heavy atom. The van der Waals surface area contributed by atoms with Crippen molar-refractivity contribution in [2.45, 2.75) is 18.0 Å². The van der Waals surface area contributed by atoms with E-state index in [1.807, 2.05) is 0 Å². The number of sulfonamides is 1. The maximum Gasteiger partial charge on any atom is 0.243 e. The minimum absolute atomic E-state index is 0.0152. The summed E-state index contributed by atoms with van der Waals surface area (Å²) in [6, 6.07) is 14.6. The number of amides is 1. The molecule has 3 aromatic carbocycles. The fourth-order valence-corrected chi connectivity index (χ4v) is 5.06. The van der Waals surface area contributed by atoms with Crippen LogP contribution in [0.2, 0.25) is 10.0 Å². The summed E-state index contributed by atoms with van der Waals surface area (Å²) in [6.07, 6.45) is 0. The minimum Gasteiger partial charge on any atom is -0.496 e. The van der Waals surface area contributed by atoms with Gasteiger partial charge in [-0.05, 0) is 48.5 Å². The van der Waals surface area contributed by atoms with Crippen molar-refractivity contribution in [2.24, 2.45) is 0 Å². The van der Waals surface area contributed by atoms with Gasteiger partial charge in [0.25, 0.3) is 0 Å². The Kier molecular flexibility index (Phi) is 8.96. The van der Waals surface area contributed by atoms with Crippen molar-refractivity contribution in [1.82, 2.24) is 9.62 Å². The highest BCUT2D eigenvalue weighted by Gasteiger charge is 2.29. The molecule has 1 amide bonds. The fourth-order valence-electron chi connectivity index (χ4n) is 3.35. The highest BCUT2D eigenvalue weighted by Crippen LogP contribution is 2.28. The molecule has 0 fully saturated rings. The van der Waals surface area contributed by atoms with Crippen LogP contribution in [-0.2, 0) is 27.9 Å². The number of methoxy groups -OCH3 is 2. The van der Waals surface area contributed by atoms with Gasteiger partial charge in [0.05, 0.1) is 37.8 Å². The lowest BCUT2D eigenvalue weighted by Crippen LogP contribution is -2.40. The van der Waals surface area contributed by atoms with Gasteiger partial charge in [0, 0.05) is 22.2 Å². The highest BCUT2D eigenvalue weighted by molar-refractivity contribution is 7.89. The number of hydrogen-bond acceptors (Lipinski definition) is 5. The van der Waals surface area contributed by atoms with E-state index in [1.165, 1.54) is 56.7 Å². The molecule has 1 N–H and O–H groups in total. The molecule has 186 valence electrons. The Balaban J connectivity index is 1.88. The second-order valence-electron chi connectivity index (χ2n) is 7.35. The van der Waals surface area contributed by atoms with Gasteiger partial charge in [-0.1, -0.05) is 35.3 Å². The van der Waals surface area contributed by atoms with Gasteiger partial charge in [-0.3, -0.25) is 4.79 Å². The molecule has 0 radical (unpaired) electrons. The number of ether oxygens (including phenoxy) is 2. The van der Waals surface area contributed by atoms with Gasteiger partial charge in [0.15, 0.2) is 0 Å². The van der Waals surface area contributed by atoms with Crippen LogP contribution in [0.15, 0.2) is 65.6 Å². The number of nitrogens with one attached hydrogen (secondary N) is 1. The van der Waals surface area contributed by atoms with Crippen LogP contribution >= 0.6 is 23.2 Å². The van der Waals surface area contributed by atoms with Crippen LogP contribution in [0.4, 0.5) is 4.39 Å². The Labute approximate surface area is 213 Å². The molecule has 0 aliphatic carbocycles. The first-order valence-corrected chi connectivity index (χ1v) is 12.5. The monoisotopic (exact) mass is 540 g/mol. The van der Waals surface area contributed by atoms with Crippen LogP contribution in [0.1, 0.15) is 11.1 Å². The van der Waals surface area contributed by atoms with Gasteiger partial charge in [0.2, 0.25) is 15.9 Å². The number of carbonyl (C=O) groups is 1. The van der Waals surface area contributed by atoms with E-state index in [0.717, 1.165) is 4.31 Å². The lowest BCUT2D eigenvalue weighted by atomic mass is 10.1. The quantitative estimate of drug-likeness (QED) is 0.404. The summed E-state index contributed by atoms with van der Waals surface area (Å²) in [5.74, 6) is -0.321. The van der Waals surface area contributed by atoms with Gasteiger partial charge in [-0.15, -0.1) is 0 Å². The normalized spacial score (nSPS) is 11.4. The van der Waals surface area contributed by atoms with Crippen molar-refractivity contribution in [2.75, 3.05) is 20.8 Å². The zero-order valence-corrected chi connectivity index (χ0v) is 21.3. The molecule has 0 bridgehead atoms. The van der Waals surface area contributed by atoms with Gasteiger partial charge in [0.1, 0.15) is 17.3 Å². The predicted molar refractivity (Wildman–Crippen MR) is 132 cm³/mol. The smallest absolute Gasteiger partial charge is 0.243 e. The minimum atomic E-state index is -4.21. The number of hydrogen-bond donors (Lipinski definition) is 1. The number of nitrogens with zero attached hydrogens (tertiary/aromatic N) is 1. The van der Waals surface area contributed by atoms with E-state index in [0.29, 0.717) is 22.1 Å². The van der Waals surface area contributed by atoms with E-state index in [2.05, 4.69) is 5.32 Å². The summed E-state index contributed by atoms with van der Waals surface area (Å²) in [5, 5.41) is 3.06. The molecule has 0 spiro atoms. The molecule has 35 heavy (non-hydrogen) atoms. The maximum atomic E-state index is 14.5. The zero-order valence-electron chi connectivity index (χ0n) is 18.9. The fraction of sp³-hybridized carbons (Fsp3) is 0.208. The predicted octanol–water partition coefficient (Wildman–Crippen LogP) is 4.66. The average Bonchev–Trinajstić information content (AvgIpc) is 2.84. The zero-order chi connectivity index (χ0) is 25.6. The van der Waals surface area contributed by atoms with E-state index >= 15 is 0 Å². The largest absolute Gasteiger partial charge is 0.496 e. The molecule has 0 aliphatic heterocycles. The molecule has 11 heteroatoms. The van der Waals surface area contributed by atoms with E-state index in [9.17, 15) is 17.6 Å². The number of benzene rings is 3. The van der Waals surface area contributed by atoms with Crippen LogP contribution in [0.5, 0.6) is 11.5 Å². The van der Waals surface area contributed by atoms with Crippen molar-refractivity contribution in [3.63, 3.8) is 0 Å². The van der Waals surface area contributed by atoms with Crippen molar-refractivity contribution in [1.29, 1.82) is 0 Å². The Morgan fingerprint density at radius 1 is 0.943 bits per heavy atom. The Morgan fingerprint density at radius 3 is 2.11 bits per heavy atom. The van der Waals surface area contributed by atoms with Gasteiger partial charge >= 0.3 is 0 Å². The van der Waals surface area contributed by atoms with Crippen molar-refractivity contribution >= 4 is 39.1 Å². The second kappa shape index (κ2) is 11.7. The van der Waals surface area contributed by atoms with Crippen molar-refractivity contribution < 1.29 is 27.1 Å². The molecule has 0 aromatic heterocycles. The maximum absolute atomic E-state index is 14.5. The molecule has 0 aliphatic rings. The molecule has 0 heterocycles. The second-order valence-corrected chi connectivity index (χ2v) is 10.1. The first-order valence-electron chi connectivity index (χ1n) is 10.3. The van der Waals surface area contributed by atoms with Crippen LogP contribution in [0.3, 0.4) is 0 Å². The summed E-state index contributed by atoms with van der Waals surface area (Å²) in [6.45, 7) is -1.03. The van der Waals surface area contributed by atoms with E-state index in [-0.39, 0.29) is 22.0 Å². The third kappa shape index (κ3) is 6.43. The Bertz CT molecular complexity index is 1260. The van der Waals surface area contributed by atoms with Gasteiger partial charge in [-0.25, -0.2) is 12.8 Å². The lowest BCUT2D eigenvalue weighted by Gasteiger charge is -2.23. The van der Waals surface area contributed by atoms with E-state index in [1.54, 1.807) is 18.2 Å². The first-order chi connectivity index (χ1) is 16.7. The molecule has 3 aromatic rings. The molecular weight excluding hydrogens is 518 g/mol. The lowest BCUT2D eigenvalue weighted by molar-refractivity contribution is -0.121. The number of carbonyl (C=O) groups excluding carboxylic acids is 1. The molecular formula is C24H23Cl2FN2O5S. The van der Waals surface area contributed by atoms with Crippen molar-refractivity contribution in [3.05, 3.63) is 87.7 Å². The SMILES string of the molecule is COc1cccc(OC)c1CNC(=O)CN(Cc1c(F)cccc1Cl)S(=O)(=O)c1ccc(Cl)cc1. The van der Waals surface area contributed by atoms with E-state index in [4.69, 9.17) is 32.7 Å². The average molecular weight is 541 g/mol. The summed E-state index contributed by atoms with van der Waals surface area (Å²) >= 11 is 12.0. The topological polar surface area (TPSA) is 84.9 Å². The molecule has 3 rings (SSSR count). The van der Waals surface area contributed by atoms with Crippen molar-refractivity contribution in [3.8, 4) is 11.5 Å². The van der Waals surface area contributed by atoms with Crippen LogP contribution in [-0.4, -0.2) is 39.4 Å². The standard InChI is InChI=1S/C24H23Cl2FN2O5S/c1-33-22-7-4-8-23(34-2)18(22)13-28-24(30)15-29(14-19-20(26)5-3-6-21(19)27)35(31,32)17-11-9-16(25)10-12-17/h3-12H,13-15H2,1-2H3,(H,28,30). The molecule has 0 saturated heterocycles. The number of rotatable bonds is 10. The highest BCUT2D eigenvalue weighted by atomic mass is 35.5. The Hall–Kier alpha value is -2.85. The van der Waals surface area contributed by atoms with E-state index < -0.39 is 34.8 Å². The van der Waals surface area contributed by atoms with Crippen LogP contribution < -0.4 is 14.8 Å². The molecule has 0 saturated carbocycles. The molecule has 0 unspecified atom stereocenters. The summed E-state index contributed by atoms with van der Waals surface area (Å²) in [7, 11) is -1.24. The van der Waals surface area contributed by atoms with Gasteiger partial charge < -0.3 is 14.8 Å². The van der Waals surface area contributed by atoms with Crippen LogP contribution in [0, 0.1) is 5.82 Å². The summed E-state index contributed by atoms with van der Waals surface area (Å²) in [5.41, 5.74) is 0.529. The third-order valence-corrected chi connectivity index (χ3v) is 7.57. The number of halogens is 3. The van der Waals surface area contributed by atoms with Gasteiger partial charge in [-0.2, -0.15) is 4.31 Å². The van der Waals surface area contributed by atoms with Crippen LogP contribution in [0.25, 0.3) is 0 Å². The molecule has 0 atom stereocenters. The summed E-state index contributed by atoms with van der Waals surface area (Å²) < 4.78 is 52.7.